The van der Waals surface area contributed by atoms with E-state index in [0.29, 0.717) is 16.6 Å². The average molecular weight is 346 g/mol. The van der Waals surface area contributed by atoms with E-state index in [4.69, 9.17) is 4.74 Å². The number of carbonyl (C=O) groups is 2. The Hall–Kier alpha value is -2.88. The molecule has 0 aliphatic rings. The number of hydrogen-bond acceptors (Lipinski definition) is 8. The summed E-state index contributed by atoms with van der Waals surface area (Å²) in [6.45, 7) is 5.06. The molecule has 1 N–H and O–H groups in total. The molecule has 3 rings (SSSR count). The van der Waals surface area contributed by atoms with Crippen LogP contribution in [-0.4, -0.2) is 36.4 Å². The van der Waals surface area contributed by atoms with Crippen LogP contribution >= 0.6 is 11.3 Å². The van der Waals surface area contributed by atoms with Crippen LogP contribution in [0.2, 0.25) is 0 Å². The van der Waals surface area contributed by atoms with Crippen molar-refractivity contribution < 1.29 is 14.3 Å². The second-order valence-corrected chi connectivity index (χ2v) is 5.95. The van der Waals surface area contributed by atoms with Crippen LogP contribution in [0.15, 0.2) is 11.4 Å². The number of carbonyl (C=O) groups excluding carboxylic acids is 2. The number of hydrogen-bond donors (Lipinski definition) is 1. The summed E-state index contributed by atoms with van der Waals surface area (Å²) in [5.74, 6) is -0.582. The lowest BCUT2D eigenvalue weighted by atomic mass is 10.4. The van der Waals surface area contributed by atoms with E-state index in [-0.39, 0.29) is 18.3 Å². The lowest BCUT2D eigenvalue weighted by Crippen LogP contribution is -2.08. The van der Waals surface area contributed by atoms with Crippen LogP contribution in [-0.2, 0) is 16.1 Å². The minimum Gasteiger partial charge on any atom is -0.453 e. The van der Waals surface area contributed by atoms with Crippen LogP contribution in [0.5, 0.6) is 0 Å². The van der Waals surface area contributed by atoms with Gasteiger partial charge in [0.25, 0.3) is 11.6 Å². The van der Waals surface area contributed by atoms with Crippen LogP contribution in [0, 0.1) is 13.8 Å². The molecule has 124 valence electrons. The Morgan fingerprint density at radius 3 is 2.83 bits per heavy atom. The molecule has 3 aromatic heterocycles. The second kappa shape index (κ2) is 6.32. The summed E-state index contributed by atoms with van der Waals surface area (Å²) in [6.07, 6.45) is 0. The minimum atomic E-state index is -0.661. The number of aryl methyl sites for hydroxylation is 2. The van der Waals surface area contributed by atoms with Crippen molar-refractivity contribution in [3.05, 3.63) is 34.4 Å². The van der Waals surface area contributed by atoms with Crippen molar-refractivity contribution >= 4 is 34.1 Å². The standard InChI is InChI=1S/C14H14N6O3S/c1-7-4-8(2)20-13(15-7)18-11(19-20)12(22)23-5-10-6-24-14(17-10)16-9(3)21/h4,6H,5H2,1-3H3,(H,16,17,21). The van der Waals surface area contributed by atoms with Crippen molar-refractivity contribution in [3.8, 4) is 0 Å². The summed E-state index contributed by atoms with van der Waals surface area (Å²) in [5.41, 5.74) is 2.15. The molecule has 3 aromatic rings. The maximum absolute atomic E-state index is 12.1. The lowest BCUT2D eigenvalue weighted by Gasteiger charge is -1.99. The lowest BCUT2D eigenvalue weighted by molar-refractivity contribution is -0.114. The smallest absolute Gasteiger partial charge is 0.378 e. The zero-order valence-electron chi connectivity index (χ0n) is 13.2. The summed E-state index contributed by atoms with van der Waals surface area (Å²) in [6, 6.07) is 1.84. The number of nitrogens with one attached hydrogen (secondary N) is 1. The van der Waals surface area contributed by atoms with Gasteiger partial charge in [0.1, 0.15) is 6.61 Å². The number of esters is 1. The summed E-state index contributed by atoms with van der Waals surface area (Å²) in [7, 11) is 0. The Morgan fingerprint density at radius 1 is 1.29 bits per heavy atom. The molecule has 0 unspecified atom stereocenters. The van der Waals surface area contributed by atoms with Gasteiger partial charge >= 0.3 is 5.97 Å². The SMILES string of the molecule is CC(=O)Nc1nc(COC(=O)c2nc3nc(C)cc(C)n3n2)cs1. The van der Waals surface area contributed by atoms with E-state index < -0.39 is 5.97 Å². The van der Waals surface area contributed by atoms with Gasteiger partial charge in [0.2, 0.25) is 5.91 Å². The maximum Gasteiger partial charge on any atom is 0.378 e. The van der Waals surface area contributed by atoms with Crippen molar-refractivity contribution in [3.63, 3.8) is 0 Å². The highest BCUT2D eigenvalue weighted by atomic mass is 32.1. The fourth-order valence-corrected chi connectivity index (χ4v) is 2.78. The summed E-state index contributed by atoms with van der Waals surface area (Å²) >= 11 is 1.25. The number of thiazole rings is 1. The van der Waals surface area contributed by atoms with Gasteiger partial charge in [-0.15, -0.1) is 16.4 Å². The number of aromatic nitrogens is 5. The predicted molar refractivity (Wildman–Crippen MR) is 85.8 cm³/mol. The molecular formula is C14H14N6O3S. The van der Waals surface area contributed by atoms with E-state index in [1.165, 1.54) is 22.8 Å². The molecule has 0 saturated heterocycles. The quantitative estimate of drug-likeness (QED) is 0.713. The molecule has 9 nitrogen and oxygen atoms in total. The molecule has 0 aromatic carbocycles. The molecule has 0 radical (unpaired) electrons. The second-order valence-electron chi connectivity index (χ2n) is 5.09. The molecule has 0 aliphatic carbocycles. The molecule has 0 aliphatic heterocycles. The third-order valence-electron chi connectivity index (χ3n) is 2.99. The molecule has 0 saturated carbocycles. The fraction of sp³-hybridized carbons (Fsp3) is 0.286. The molecule has 24 heavy (non-hydrogen) atoms. The van der Waals surface area contributed by atoms with Crippen LogP contribution in [0.25, 0.3) is 5.78 Å². The molecule has 10 heteroatoms. The zero-order chi connectivity index (χ0) is 17.3. The number of ether oxygens (including phenoxy) is 1. The van der Waals surface area contributed by atoms with Crippen LogP contribution < -0.4 is 5.32 Å². The number of nitrogens with zero attached hydrogens (tertiary/aromatic N) is 5. The third kappa shape index (κ3) is 3.38. The van der Waals surface area contributed by atoms with Crippen LogP contribution in [0.1, 0.15) is 34.6 Å². The predicted octanol–water partition coefficient (Wildman–Crippen LogP) is 1.51. The van der Waals surface area contributed by atoms with Gasteiger partial charge in [-0.2, -0.15) is 4.98 Å². The van der Waals surface area contributed by atoms with Crippen LogP contribution in [0.3, 0.4) is 0 Å². The van der Waals surface area contributed by atoms with Gasteiger partial charge in [-0.05, 0) is 19.9 Å². The summed E-state index contributed by atoms with van der Waals surface area (Å²) < 4.78 is 6.65. The van der Waals surface area contributed by atoms with E-state index >= 15 is 0 Å². The molecule has 0 spiro atoms. The highest BCUT2D eigenvalue weighted by Crippen LogP contribution is 2.16. The molecule has 0 fully saturated rings. The Balaban J connectivity index is 1.70. The number of rotatable bonds is 4. The molecular weight excluding hydrogens is 332 g/mol. The molecule has 3 heterocycles. The van der Waals surface area contributed by atoms with Gasteiger partial charge in [0.05, 0.1) is 5.69 Å². The average Bonchev–Trinajstić information content (AvgIpc) is 3.11. The van der Waals surface area contributed by atoms with Gasteiger partial charge in [0, 0.05) is 23.7 Å². The molecule has 0 atom stereocenters. The first-order chi connectivity index (χ1) is 11.4. The highest BCUT2D eigenvalue weighted by molar-refractivity contribution is 7.13. The van der Waals surface area contributed by atoms with Gasteiger partial charge in [-0.3, -0.25) is 4.79 Å². The Labute approximate surface area is 140 Å². The number of amides is 1. The van der Waals surface area contributed by atoms with E-state index in [1.54, 1.807) is 5.38 Å². The van der Waals surface area contributed by atoms with Gasteiger partial charge in [0.15, 0.2) is 5.13 Å². The van der Waals surface area contributed by atoms with Crippen molar-refractivity contribution in [1.82, 2.24) is 24.6 Å². The van der Waals surface area contributed by atoms with Crippen molar-refractivity contribution in [2.75, 3.05) is 5.32 Å². The normalized spacial score (nSPS) is 10.8. The van der Waals surface area contributed by atoms with Crippen LogP contribution in [0.4, 0.5) is 5.13 Å². The Kier molecular flexibility index (Phi) is 4.21. The summed E-state index contributed by atoms with van der Waals surface area (Å²) in [4.78, 5) is 35.5. The minimum absolute atomic E-state index is 0.0318. The van der Waals surface area contributed by atoms with Crippen molar-refractivity contribution in [1.29, 1.82) is 0 Å². The number of anilines is 1. The van der Waals surface area contributed by atoms with E-state index in [2.05, 4.69) is 25.4 Å². The van der Waals surface area contributed by atoms with Crippen molar-refractivity contribution in [2.24, 2.45) is 0 Å². The van der Waals surface area contributed by atoms with Gasteiger partial charge < -0.3 is 10.1 Å². The zero-order valence-corrected chi connectivity index (χ0v) is 14.0. The Bertz CT molecular complexity index is 932. The first kappa shape index (κ1) is 16.0. The van der Waals surface area contributed by atoms with Gasteiger partial charge in [-0.1, -0.05) is 0 Å². The number of fused-ring (bicyclic) bond motifs is 1. The first-order valence-electron chi connectivity index (χ1n) is 7.02. The van der Waals surface area contributed by atoms with Gasteiger partial charge in [-0.25, -0.2) is 19.3 Å². The molecule has 1 amide bonds. The van der Waals surface area contributed by atoms with E-state index in [9.17, 15) is 9.59 Å². The molecule has 0 bridgehead atoms. The van der Waals surface area contributed by atoms with E-state index in [0.717, 1.165) is 11.4 Å². The largest absolute Gasteiger partial charge is 0.453 e. The fourth-order valence-electron chi connectivity index (χ4n) is 2.04. The van der Waals surface area contributed by atoms with Crippen molar-refractivity contribution in [2.45, 2.75) is 27.4 Å². The topological polar surface area (TPSA) is 111 Å². The monoisotopic (exact) mass is 346 g/mol. The summed E-state index contributed by atoms with van der Waals surface area (Å²) in [5, 5.41) is 8.82. The highest BCUT2D eigenvalue weighted by Gasteiger charge is 2.17. The van der Waals surface area contributed by atoms with E-state index in [1.807, 2.05) is 19.9 Å². The third-order valence-corrected chi connectivity index (χ3v) is 3.79. The Morgan fingerprint density at radius 2 is 2.08 bits per heavy atom. The first-order valence-corrected chi connectivity index (χ1v) is 7.90. The maximum atomic E-state index is 12.1.